The summed E-state index contributed by atoms with van der Waals surface area (Å²) >= 11 is 3.32. The van der Waals surface area contributed by atoms with Crippen LogP contribution in [0.2, 0.25) is 0 Å². The van der Waals surface area contributed by atoms with Gasteiger partial charge in [0.15, 0.2) is 0 Å². The lowest BCUT2D eigenvalue weighted by Crippen LogP contribution is -2.03. The van der Waals surface area contributed by atoms with Crippen molar-refractivity contribution < 1.29 is 5.11 Å². The number of fused-ring (bicyclic) bond motifs is 1. The summed E-state index contributed by atoms with van der Waals surface area (Å²) in [6.07, 6.45) is 0. The number of rotatable bonds is 0. The van der Waals surface area contributed by atoms with E-state index in [4.69, 9.17) is 0 Å². The Morgan fingerprint density at radius 3 is 2.86 bits per heavy atom. The highest BCUT2D eigenvalue weighted by molar-refractivity contribution is 9.10. The Hall–Kier alpha value is -1.29. The Labute approximate surface area is 88.5 Å². The van der Waals surface area contributed by atoms with Gasteiger partial charge in [0.05, 0.1) is 5.52 Å². The van der Waals surface area contributed by atoms with Crippen molar-refractivity contribution in [1.82, 2.24) is 4.98 Å². The van der Waals surface area contributed by atoms with E-state index < -0.39 is 0 Å². The van der Waals surface area contributed by atoms with E-state index in [1.165, 1.54) is 6.07 Å². The Kier molecular flexibility index (Phi) is 2.07. The molecular formula is C10H8BrNO2. The molecule has 1 aromatic heterocycles. The number of benzene rings is 1. The fraction of sp³-hybridized carbons (Fsp3) is 0.100. The highest BCUT2D eigenvalue weighted by Crippen LogP contribution is 2.29. The van der Waals surface area contributed by atoms with E-state index in [1.807, 2.05) is 19.1 Å². The number of aromatic hydroxyl groups is 1. The molecule has 0 saturated carbocycles. The summed E-state index contributed by atoms with van der Waals surface area (Å²) in [5, 5.41) is 10.3. The van der Waals surface area contributed by atoms with Gasteiger partial charge >= 0.3 is 0 Å². The Bertz CT molecular complexity index is 560. The van der Waals surface area contributed by atoms with Crippen molar-refractivity contribution in [3.63, 3.8) is 0 Å². The van der Waals surface area contributed by atoms with Gasteiger partial charge < -0.3 is 10.1 Å². The normalized spacial score (nSPS) is 10.7. The van der Waals surface area contributed by atoms with Gasteiger partial charge in [-0.25, -0.2) is 0 Å². The summed E-state index contributed by atoms with van der Waals surface area (Å²) in [5.41, 5.74) is 1.26. The monoisotopic (exact) mass is 253 g/mol. The molecule has 0 aliphatic carbocycles. The van der Waals surface area contributed by atoms with Crippen molar-refractivity contribution in [3.05, 3.63) is 38.6 Å². The van der Waals surface area contributed by atoms with E-state index in [-0.39, 0.29) is 11.3 Å². The van der Waals surface area contributed by atoms with Gasteiger partial charge in [-0.05, 0) is 34.5 Å². The third-order valence-corrected chi connectivity index (χ3v) is 2.80. The molecule has 0 aliphatic heterocycles. The van der Waals surface area contributed by atoms with Crippen molar-refractivity contribution in [1.29, 1.82) is 0 Å². The summed E-state index contributed by atoms with van der Waals surface area (Å²) in [7, 11) is 0. The minimum absolute atomic E-state index is 0.0163. The maximum Gasteiger partial charge on any atom is 0.252 e. The molecule has 0 amide bonds. The average molecular weight is 254 g/mol. The van der Waals surface area contributed by atoms with E-state index in [2.05, 4.69) is 20.9 Å². The molecule has 1 aromatic carbocycles. The molecule has 0 unspecified atom stereocenters. The Morgan fingerprint density at radius 2 is 2.14 bits per heavy atom. The summed E-state index contributed by atoms with van der Waals surface area (Å²) in [6.45, 7) is 1.88. The summed E-state index contributed by atoms with van der Waals surface area (Å²) in [4.78, 5) is 13.8. The van der Waals surface area contributed by atoms with Gasteiger partial charge in [-0.2, -0.15) is 0 Å². The number of halogens is 1. The van der Waals surface area contributed by atoms with Gasteiger partial charge in [0.1, 0.15) is 5.75 Å². The van der Waals surface area contributed by atoms with Crippen molar-refractivity contribution in [3.8, 4) is 5.75 Å². The predicted octanol–water partition coefficient (Wildman–Crippen LogP) is 2.30. The molecule has 0 aliphatic rings. The summed E-state index contributed by atoms with van der Waals surface area (Å²) < 4.78 is 0.770. The largest absolute Gasteiger partial charge is 0.507 e. The van der Waals surface area contributed by atoms with E-state index in [1.54, 1.807) is 0 Å². The maximum absolute atomic E-state index is 11.1. The van der Waals surface area contributed by atoms with Crippen molar-refractivity contribution in [2.24, 2.45) is 0 Å². The first-order chi connectivity index (χ1) is 6.59. The van der Waals surface area contributed by atoms with Gasteiger partial charge in [-0.1, -0.05) is 6.07 Å². The lowest BCUT2D eigenvalue weighted by atomic mass is 10.1. The standard InChI is InChI=1S/C10H8BrNO2/c1-5-2-3-6(11)10-9(5)7(13)4-8(14)12-10/h2-4H,1H3,(H2,12,13,14). The van der Waals surface area contributed by atoms with E-state index in [0.29, 0.717) is 10.9 Å². The van der Waals surface area contributed by atoms with Gasteiger partial charge in [0.25, 0.3) is 5.56 Å². The third-order valence-electron chi connectivity index (χ3n) is 2.13. The molecule has 0 saturated heterocycles. The molecule has 0 atom stereocenters. The Balaban J connectivity index is 3.07. The van der Waals surface area contributed by atoms with Crippen LogP contribution < -0.4 is 5.56 Å². The molecule has 1 heterocycles. The van der Waals surface area contributed by atoms with E-state index in [9.17, 15) is 9.90 Å². The molecular weight excluding hydrogens is 246 g/mol. The summed E-state index contributed by atoms with van der Waals surface area (Å²) in [6, 6.07) is 4.90. The van der Waals surface area contributed by atoms with Gasteiger partial charge in [0.2, 0.25) is 0 Å². The van der Waals surface area contributed by atoms with Crippen molar-refractivity contribution in [2.45, 2.75) is 6.92 Å². The second kappa shape index (κ2) is 3.13. The molecule has 0 fully saturated rings. The topological polar surface area (TPSA) is 53.1 Å². The number of aromatic amines is 1. The minimum atomic E-state index is -0.304. The van der Waals surface area contributed by atoms with Crippen LogP contribution >= 0.6 is 15.9 Å². The lowest BCUT2D eigenvalue weighted by molar-refractivity contribution is 0.480. The quantitative estimate of drug-likeness (QED) is 0.757. The van der Waals surface area contributed by atoms with Crippen LogP contribution in [0, 0.1) is 6.92 Å². The molecule has 2 rings (SSSR count). The first-order valence-electron chi connectivity index (χ1n) is 4.10. The zero-order valence-electron chi connectivity index (χ0n) is 7.47. The zero-order valence-corrected chi connectivity index (χ0v) is 9.05. The molecule has 0 radical (unpaired) electrons. The van der Waals surface area contributed by atoms with Gasteiger partial charge in [-0.15, -0.1) is 0 Å². The highest BCUT2D eigenvalue weighted by Gasteiger charge is 2.07. The van der Waals surface area contributed by atoms with Crippen molar-refractivity contribution in [2.75, 3.05) is 0 Å². The molecule has 0 bridgehead atoms. The van der Waals surface area contributed by atoms with Gasteiger partial charge in [0, 0.05) is 15.9 Å². The average Bonchev–Trinajstić information content (AvgIpc) is 2.10. The van der Waals surface area contributed by atoms with Crippen LogP contribution in [0.15, 0.2) is 27.5 Å². The first-order valence-corrected chi connectivity index (χ1v) is 4.90. The van der Waals surface area contributed by atoms with Crippen molar-refractivity contribution >= 4 is 26.8 Å². The number of H-pyrrole nitrogens is 1. The number of nitrogens with one attached hydrogen (secondary N) is 1. The van der Waals surface area contributed by atoms with Crippen LogP contribution in [-0.4, -0.2) is 10.1 Å². The van der Waals surface area contributed by atoms with Crippen LogP contribution in [0.1, 0.15) is 5.56 Å². The number of hydrogen-bond donors (Lipinski definition) is 2. The molecule has 3 nitrogen and oxygen atoms in total. The maximum atomic E-state index is 11.1. The molecule has 0 spiro atoms. The summed E-state index contributed by atoms with van der Waals surface area (Å²) in [5.74, 6) is 0.0163. The van der Waals surface area contributed by atoms with Crippen LogP contribution in [-0.2, 0) is 0 Å². The number of pyridine rings is 1. The fourth-order valence-electron chi connectivity index (χ4n) is 1.49. The Morgan fingerprint density at radius 1 is 1.43 bits per heavy atom. The van der Waals surface area contributed by atoms with Crippen LogP contribution in [0.3, 0.4) is 0 Å². The molecule has 2 N–H and O–H groups in total. The molecule has 2 aromatic rings. The van der Waals surface area contributed by atoms with Gasteiger partial charge in [-0.3, -0.25) is 4.79 Å². The minimum Gasteiger partial charge on any atom is -0.507 e. The lowest BCUT2D eigenvalue weighted by Gasteiger charge is -2.05. The molecule has 72 valence electrons. The number of aryl methyl sites for hydroxylation is 1. The van der Waals surface area contributed by atoms with E-state index >= 15 is 0 Å². The van der Waals surface area contributed by atoms with Crippen LogP contribution in [0.4, 0.5) is 0 Å². The highest BCUT2D eigenvalue weighted by atomic mass is 79.9. The molecule has 4 heteroatoms. The third kappa shape index (κ3) is 1.32. The predicted molar refractivity (Wildman–Crippen MR) is 58.7 cm³/mol. The van der Waals surface area contributed by atoms with E-state index in [0.717, 1.165) is 10.0 Å². The number of hydrogen-bond acceptors (Lipinski definition) is 2. The number of aromatic nitrogens is 1. The SMILES string of the molecule is Cc1ccc(Br)c2[nH]c(=O)cc(O)c12. The van der Waals surface area contributed by atoms with Crippen LogP contribution in [0.5, 0.6) is 5.75 Å². The molecule has 14 heavy (non-hydrogen) atoms. The second-order valence-corrected chi connectivity index (χ2v) is 3.99. The van der Waals surface area contributed by atoms with Crippen LogP contribution in [0.25, 0.3) is 10.9 Å². The zero-order chi connectivity index (χ0) is 10.3. The first kappa shape index (κ1) is 9.27. The second-order valence-electron chi connectivity index (χ2n) is 3.13. The fourth-order valence-corrected chi connectivity index (χ4v) is 1.92. The smallest absolute Gasteiger partial charge is 0.252 e.